The molecule has 0 radical (unpaired) electrons. The number of hydrogen-bond acceptors (Lipinski definition) is 2. The molecular formula is C16H14BrNOS. The number of benzene rings is 2. The number of carbonyl (C=O) groups excluding carboxylic acids is 1. The molecule has 1 unspecified atom stereocenters. The molecule has 1 aliphatic carbocycles. The smallest absolute Gasteiger partial charge is 0.252 e. The zero-order chi connectivity index (χ0) is 14.1. The van der Waals surface area contributed by atoms with Gasteiger partial charge >= 0.3 is 0 Å². The minimum Gasteiger partial charge on any atom is -0.351 e. The minimum atomic E-state index is -0.0582. The van der Waals surface area contributed by atoms with Crippen molar-refractivity contribution in [3.05, 3.63) is 63.6 Å². The van der Waals surface area contributed by atoms with Crippen LogP contribution in [-0.2, 0) is 6.42 Å². The predicted octanol–water partition coefficient (Wildman–Crippen LogP) is 3.81. The highest BCUT2D eigenvalue weighted by Gasteiger charge is 2.25. The van der Waals surface area contributed by atoms with Gasteiger partial charge in [-0.3, -0.25) is 4.79 Å². The molecule has 2 aromatic carbocycles. The van der Waals surface area contributed by atoms with E-state index >= 15 is 0 Å². The van der Waals surface area contributed by atoms with Crippen LogP contribution in [0.5, 0.6) is 0 Å². The fourth-order valence-corrected chi connectivity index (χ4v) is 3.17. The van der Waals surface area contributed by atoms with E-state index in [1.165, 1.54) is 11.1 Å². The lowest BCUT2D eigenvalue weighted by Crippen LogP contribution is -2.33. The zero-order valence-electron chi connectivity index (χ0n) is 10.8. The second-order valence-corrected chi connectivity index (χ2v) is 6.34. The van der Waals surface area contributed by atoms with Crippen LogP contribution >= 0.6 is 28.6 Å². The first-order valence-corrected chi connectivity index (χ1v) is 7.73. The lowest BCUT2D eigenvalue weighted by molar-refractivity contribution is 0.0949. The summed E-state index contributed by atoms with van der Waals surface area (Å²) in [4.78, 5) is 13.0. The van der Waals surface area contributed by atoms with Gasteiger partial charge in [-0.2, -0.15) is 0 Å². The fourth-order valence-electron chi connectivity index (χ4n) is 2.54. The van der Waals surface area contributed by atoms with Gasteiger partial charge in [-0.25, -0.2) is 0 Å². The highest BCUT2D eigenvalue weighted by molar-refractivity contribution is 9.10. The molecule has 3 rings (SSSR count). The van der Waals surface area contributed by atoms with E-state index in [1.54, 1.807) is 6.07 Å². The third kappa shape index (κ3) is 2.63. The number of fused-ring (bicyclic) bond motifs is 1. The number of nitrogens with one attached hydrogen (secondary N) is 1. The largest absolute Gasteiger partial charge is 0.351 e. The summed E-state index contributed by atoms with van der Waals surface area (Å²) in [6.07, 6.45) is 1.05. The van der Waals surface area contributed by atoms with Gasteiger partial charge < -0.3 is 5.32 Å². The third-order valence-electron chi connectivity index (χ3n) is 3.66. The maximum absolute atomic E-state index is 12.2. The van der Waals surface area contributed by atoms with E-state index in [2.05, 4.69) is 52.1 Å². The van der Waals surface area contributed by atoms with Crippen LogP contribution in [-0.4, -0.2) is 12.5 Å². The highest BCUT2D eigenvalue weighted by atomic mass is 79.9. The third-order valence-corrected chi connectivity index (χ3v) is 4.63. The molecule has 0 saturated heterocycles. The van der Waals surface area contributed by atoms with Gasteiger partial charge in [0.1, 0.15) is 0 Å². The molecule has 0 spiro atoms. The average molecular weight is 348 g/mol. The quantitative estimate of drug-likeness (QED) is 0.812. The predicted molar refractivity (Wildman–Crippen MR) is 86.6 cm³/mol. The molecule has 2 aromatic rings. The number of amides is 1. The first-order chi connectivity index (χ1) is 9.65. The highest BCUT2D eigenvalue weighted by Crippen LogP contribution is 2.34. The van der Waals surface area contributed by atoms with Crippen LogP contribution in [0.3, 0.4) is 0 Å². The van der Waals surface area contributed by atoms with Crippen molar-refractivity contribution in [3.63, 3.8) is 0 Å². The molecule has 1 amide bonds. The maximum Gasteiger partial charge on any atom is 0.252 e. The van der Waals surface area contributed by atoms with Gasteiger partial charge in [0, 0.05) is 21.8 Å². The molecule has 0 fully saturated rings. The van der Waals surface area contributed by atoms with E-state index in [0.717, 1.165) is 15.8 Å². The van der Waals surface area contributed by atoms with Crippen molar-refractivity contribution in [2.75, 3.05) is 6.54 Å². The summed E-state index contributed by atoms with van der Waals surface area (Å²) in [5, 5.41) is 3.01. The molecule has 1 aliphatic rings. The van der Waals surface area contributed by atoms with Crippen molar-refractivity contribution in [1.82, 2.24) is 5.32 Å². The van der Waals surface area contributed by atoms with Crippen LogP contribution in [0.1, 0.15) is 27.4 Å². The number of thiol groups is 1. The molecule has 0 aromatic heterocycles. The van der Waals surface area contributed by atoms with Crippen molar-refractivity contribution in [2.24, 2.45) is 0 Å². The zero-order valence-corrected chi connectivity index (χ0v) is 13.2. The van der Waals surface area contributed by atoms with Crippen LogP contribution in [0.15, 0.2) is 51.8 Å². The Kier molecular flexibility index (Phi) is 3.85. The van der Waals surface area contributed by atoms with Gasteiger partial charge in [0.15, 0.2) is 0 Å². The molecule has 1 N–H and O–H groups in total. The number of halogens is 1. The topological polar surface area (TPSA) is 29.1 Å². The summed E-state index contributed by atoms with van der Waals surface area (Å²) in [7, 11) is 0. The molecule has 2 nitrogen and oxygen atoms in total. The van der Waals surface area contributed by atoms with Crippen LogP contribution in [0.4, 0.5) is 0 Å². The summed E-state index contributed by atoms with van der Waals surface area (Å²) < 4.78 is 0.793. The normalized spacial score (nSPS) is 16.2. The molecule has 0 saturated carbocycles. The molecule has 102 valence electrons. The Morgan fingerprint density at radius 1 is 1.30 bits per heavy atom. The van der Waals surface area contributed by atoms with E-state index in [0.29, 0.717) is 18.0 Å². The molecule has 0 heterocycles. The summed E-state index contributed by atoms with van der Waals surface area (Å²) in [5.74, 6) is 0.380. The molecule has 20 heavy (non-hydrogen) atoms. The van der Waals surface area contributed by atoms with Crippen molar-refractivity contribution < 1.29 is 4.79 Å². The Morgan fingerprint density at radius 2 is 2.10 bits per heavy atom. The van der Waals surface area contributed by atoms with E-state index in [1.807, 2.05) is 18.2 Å². The molecule has 0 bridgehead atoms. The second kappa shape index (κ2) is 5.62. The van der Waals surface area contributed by atoms with E-state index in [4.69, 9.17) is 0 Å². The molecule has 4 heteroatoms. The van der Waals surface area contributed by atoms with Gasteiger partial charge in [0.05, 0.1) is 5.56 Å². The van der Waals surface area contributed by atoms with Crippen molar-refractivity contribution in [2.45, 2.75) is 17.2 Å². The Morgan fingerprint density at radius 3 is 2.90 bits per heavy atom. The SMILES string of the molecule is O=C(NCC1Cc2ccccc21)c1cc(S)ccc1Br. The maximum atomic E-state index is 12.2. The molecule has 1 atom stereocenters. The number of hydrogen-bond donors (Lipinski definition) is 2. The fraction of sp³-hybridized carbons (Fsp3) is 0.188. The van der Waals surface area contributed by atoms with E-state index < -0.39 is 0 Å². The summed E-state index contributed by atoms with van der Waals surface area (Å²) in [6.45, 7) is 0.680. The summed E-state index contributed by atoms with van der Waals surface area (Å²) >= 11 is 7.67. The average Bonchev–Trinajstić information content (AvgIpc) is 2.42. The Labute approximate surface area is 132 Å². The van der Waals surface area contributed by atoms with Crippen molar-refractivity contribution in [3.8, 4) is 0 Å². The summed E-state index contributed by atoms with van der Waals surface area (Å²) in [6, 6.07) is 13.9. The lowest BCUT2D eigenvalue weighted by Gasteiger charge is -2.30. The van der Waals surface area contributed by atoms with E-state index in [-0.39, 0.29) is 5.91 Å². The Bertz CT molecular complexity index is 671. The van der Waals surface area contributed by atoms with Crippen LogP contribution in [0, 0.1) is 0 Å². The Balaban J connectivity index is 1.65. The number of rotatable bonds is 3. The minimum absolute atomic E-state index is 0.0582. The Hall–Kier alpha value is -1.26. The van der Waals surface area contributed by atoms with Gasteiger partial charge in [0.25, 0.3) is 5.91 Å². The van der Waals surface area contributed by atoms with Gasteiger partial charge in [-0.15, -0.1) is 12.6 Å². The molecule has 0 aliphatic heterocycles. The van der Waals surface area contributed by atoms with Crippen molar-refractivity contribution in [1.29, 1.82) is 0 Å². The van der Waals surface area contributed by atoms with Gasteiger partial charge in [-0.1, -0.05) is 24.3 Å². The first-order valence-electron chi connectivity index (χ1n) is 6.49. The van der Waals surface area contributed by atoms with Crippen LogP contribution < -0.4 is 5.32 Å². The standard InChI is InChI=1S/C16H14BrNOS/c17-15-6-5-12(20)8-14(15)16(19)18-9-11-7-10-3-1-2-4-13(10)11/h1-6,8,11,20H,7,9H2,(H,18,19). The molecular weight excluding hydrogens is 334 g/mol. The number of carbonyl (C=O) groups is 1. The second-order valence-electron chi connectivity index (χ2n) is 4.97. The van der Waals surface area contributed by atoms with Gasteiger partial charge in [0.2, 0.25) is 0 Å². The monoisotopic (exact) mass is 347 g/mol. The first kappa shape index (κ1) is 13.7. The van der Waals surface area contributed by atoms with Crippen LogP contribution in [0.2, 0.25) is 0 Å². The summed E-state index contributed by atoms with van der Waals surface area (Å²) in [5.41, 5.74) is 3.38. The van der Waals surface area contributed by atoms with E-state index in [9.17, 15) is 4.79 Å². The van der Waals surface area contributed by atoms with Gasteiger partial charge in [-0.05, 0) is 51.7 Å². The van der Waals surface area contributed by atoms with Crippen LogP contribution in [0.25, 0.3) is 0 Å². The lowest BCUT2D eigenvalue weighted by atomic mass is 9.77. The van der Waals surface area contributed by atoms with Crippen molar-refractivity contribution >= 4 is 34.5 Å².